The molecule has 2 aromatic heterocycles. The molecule has 0 spiro atoms. The predicted octanol–water partition coefficient (Wildman–Crippen LogP) is 9.04. The Morgan fingerprint density at radius 1 is 0.766 bits per heavy atom. The van der Waals surface area contributed by atoms with Gasteiger partial charge >= 0.3 is 11.9 Å². The molecule has 8 nitrogen and oxygen atoms in total. The average Bonchev–Trinajstić information content (AvgIpc) is 3.71. The number of ether oxygens (including phenoxy) is 2. The number of furan rings is 1. The quantitative estimate of drug-likeness (QED) is 0.0892. The van der Waals surface area contributed by atoms with Crippen molar-refractivity contribution in [1.82, 2.24) is 4.98 Å². The topological polar surface area (TPSA) is 113 Å². The summed E-state index contributed by atoms with van der Waals surface area (Å²) in [5, 5.41) is 1.59. The largest absolute Gasteiger partial charge is 0.454 e. The number of thiazole rings is 1. The Hall–Kier alpha value is -3.85. The van der Waals surface area contributed by atoms with E-state index in [1.807, 2.05) is 12.1 Å². The van der Waals surface area contributed by atoms with Crippen molar-refractivity contribution in [2.45, 2.75) is 97.8 Å². The van der Waals surface area contributed by atoms with E-state index in [4.69, 9.17) is 18.9 Å². The van der Waals surface area contributed by atoms with Crippen molar-refractivity contribution in [1.29, 1.82) is 0 Å². The minimum absolute atomic E-state index is 0.00886. The number of benzene rings is 2. The smallest absolute Gasteiger partial charge is 0.314 e. The highest BCUT2D eigenvalue weighted by molar-refractivity contribution is 7.22. The third-order valence-electron chi connectivity index (χ3n) is 10.0. The normalized spacial score (nSPS) is 21.5. The summed E-state index contributed by atoms with van der Waals surface area (Å²) in [5.41, 5.74) is 2.46. The first-order chi connectivity index (χ1) is 22.7. The Morgan fingerprint density at radius 3 is 1.94 bits per heavy atom. The summed E-state index contributed by atoms with van der Waals surface area (Å²) in [5.74, 6) is 0.383. The van der Waals surface area contributed by atoms with E-state index in [1.165, 1.54) is 29.7 Å². The summed E-state index contributed by atoms with van der Waals surface area (Å²) in [4.78, 5) is 55.1. The Bertz CT molecular complexity index is 1700. The molecule has 0 atom stereocenters. The van der Waals surface area contributed by atoms with Crippen molar-refractivity contribution in [2.75, 3.05) is 0 Å². The second-order valence-electron chi connectivity index (χ2n) is 13.4. The van der Waals surface area contributed by atoms with Gasteiger partial charge in [0.15, 0.2) is 22.3 Å². The molecule has 2 heterocycles. The van der Waals surface area contributed by atoms with Gasteiger partial charge in [-0.1, -0.05) is 25.8 Å². The van der Waals surface area contributed by atoms with Gasteiger partial charge in [0.2, 0.25) is 0 Å². The Labute approximate surface area is 279 Å². The molecule has 0 saturated heterocycles. The maximum atomic E-state index is 13.3. The zero-order valence-corrected chi connectivity index (χ0v) is 28.3. The van der Waals surface area contributed by atoms with Gasteiger partial charge in [-0.2, -0.15) is 0 Å². The van der Waals surface area contributed by atoms with E-state index in [9.17, 15) is 19.2 Å². The highest BCUT2D eigenvalue weighted by Crippen LogP contribution is 2.43. The number of Topliss-reactive ketones (excluding diaryl/α,β-unsaturated/α-hetero) is 2. The van der Waals surface area contributed by atoms with Crippen LogP contribution in [0.1, 0.15) is 97.0 Å². The van der Waals surface area contributed by atoms with E-state index in [2.05, 4.69) is 19.1 Å². The lowest BCUT2D eigenvalue weighted by molar-refractivity contribution is -0.141. The van der Waals surface area contributed by atoms with Gasteiger partial charge in [-0.05, 0) is 114 Å². The highest BCUT2D eigenvalue weighted by atomic mass is 32.1. The van der Waals surface area contributed by atoms with Crippen LogP contribution in [-0.2, 0) is 25.6 Å². The molecule has 2 aliphatic carbocycles. The molecule has 2 saturated carbocycles. The third-order valence-corrected chi connectivity index (χ3v) is 11.1. The van der Waals surface area contributed by atoms with Crippen LogP contribution in [0, 0.1) is 23.7 Å². The van der Waals surface area contributed by atoms with E-state index >= 15 is 0 Å². The summed E-state index contributed by atoms with van der Waals surface area (Å²) in [6.07, 6.45) is 9.70. The maximum absolute atomic E-state index is 13.3. The molecule has 2 aliphatic rings. The number of aryl methyl sites for hydroxylation is 1. The molecule has 0 aliphatic heterocycles. The van der Waals surface area contributed by atoms with Crippen LogP contribution in [0.2, 0.25) is 0 Å². The van der Waals surface area contributed by atoms with Crippen molar-refractivity contribution in [2.24, 2.45) is 23.7 Å². The molecule has 0 bridgehead atoms. The standard InChI is InChI=1S/C38H43NO7S/c1-4-5-6-7-24-8-17-30-29(20-24)21-33(44-30)36-39-34-31(45-37(42)27-13-9-25(10-14-27)22(2)40)18-19-32(35(34)47-36)46-38(43)28-15-11-26(12-16-28)23(3)41/h8,17-21,25-28H,4-7,9-16H2,1-3H3. The highest BCUT2D eigenvalue weighted by Gasteiger charge is 2.32. The summed E-state index contributed by atoms with van der Waals surface area (Å²) in [6.45, 7) is 5.42. The van der Waals surface area contributed by atoms with E-state index < -0.39 is 0 Å². The van der Waals surface area contributed by atoms with E-state index in [0.29, 0.717) is 83.9 Å². The van der Waals surface area contributed by atoms with Crippen molar-refractivity contribution in [3.63, 3.8) is 0 Å². The van der Waals surface area contributed by atoms with Gasteiger partial charge in [-0.15, -0.1) is 11.3 Å². The van der Waals surface area contributed by atoms with E-state index in [-0.39, 0.29) is 47.2 Å². The lowest BCUT2D eigenvalue weighted by Crippen LogP contribution is -2.28. The number of rotatable bonds is 11. The van der Waals surface area contributed by atoms with Gasteiger partial charge in [-0.3, -0.25) is 19.2 Å². The van der Waals surface area contributed by atoms with Crippen LogP contribution in [0.15, 0.2) is 40.8 Å². The number of hydrogen-bond acceptors (Lipinski definition) is 9. The first-order valence-corrected chi connectivity index (χ1v) is 17.9. The van der Waals surface area contributed by atoms with Gasteiger partial charge in [0, 0.05) is 17.2 Å². The molecule has 248 valence electrons. The average molecular weight is 658 g/mol. The molecule has 0 N–H and O–H groups in total. The Kier molecular flexibility index (Phi) is 10.2. The summed E-state index contributed by atoms with van der Waals surface area (Å²) in [7, 11) is 0. The van der Waals surface area contributed by atoms with Gasteiger partial charge in [0.05, 0.1) is 11.8 Å². The Balaban J connectivity index is 1.28. The predicted molar refractivity (Wildman–Crippen MR) is 182 cm³/mol. The molecule has 2 fully saturated rings. The number of esters is 2. The molecule has 0 unspecified atom stereocenters. The number of nitrogens with zero attached hydrogens (tertiary/aromatic N) is 1. The molecule has 4 aromatic rings. The van der Waals surface area contributed by atoms with Crippen molar-refractivity contribution < 1.29 is 33.1 Å². The zero-order valence-electron chi connectivity index (χ0n) is 27.5. The number of carbonyl (C=O) groups excluding carboxylic acids is 4. The maximum Gasteiger partial charge on any atom is 0.314 e. The van der Waals surface area contributed by atoms with Gasteiger partial charge < -0.3 is 13.9 Å². The fraction of sp³-hybridized carbons (Fsp3) is 0.500. The molecule has 47 heavy (non-hydrogen) atoms. The number of hydrogen-bond donors (Lipinski definition) is 0. The number of fused-ring (bicyclic) bond motifs is 2. The van der Waals surface area contributed by atoms with Crippen LogP contribution >= 0.6 is 11.3 Å². The van der Waals surface area contributed by atoms with Crippen molar-refractivity contribution in [3.05, 3.63) is 42.0 Å². The fourth-order valence-corrected chi connectivity index (χ4v) is 8.00. The van der Waals surface area contributed by atoms with Crippen LogP contribution in [0.3, 0.4) is 0 Å². The van der Waals surface area contributed by atoms with Gasteiger partial charge in [-0.25, -0.2) is 4.98 Å². The molecular formula is C38H43NO7S. The summed E-state index contributed by atoms with van der Waals surface area (Å²) < 4.78 is 18.8. The van der Waals surface area contributed by atoms with Crippen molar-refractivity contribution >= 4 is 56.0 Å². The molecular weight excluding hydrogens is 614 g/mol. The monoisotopic (exact) mass is 657 g/mol. The number of ketones is 2. The van der Waals surface area contributed by atoms with Crippen molar-refractivity contribution in [3.8, 4) is 22.3 Å². The molecule has 0 radical (unpaired) electrons. The minimum atomic E-state index is -0.339. The number of unbranched alkanes of at least 4 members (excludes halogenated alkanes) is 2. The van der Waals surface area contributed by atoms with Crippen LogP contribution in [0.25, 0.3) is 32.0 Å². The zero-order chi connectivity index (χ0) is 33.1. The van der Waals surface area contributed by atoms with E-state index in [0.717, 1.165) is 23.8 Å². The van der Waals surface area contributed by atoms with Crippen LogP contribution < -0.4 is 9.47 Å². The molecule has 9 heteroatoms. The van der Waals surface area contributed by atoms with Crippen LogP contribution in [-0.4, -0.2) is 28.5 Å². The fourth-order valence-electron chi connectivity index (χ4n) is 7.02. The van der Waals surface area contributed by atoms with Gasteiger partial charge in [0.25, 0.3) is 0 Å². The molecule has 2 aromatic carbocycles. The second-order valence-corrected chi connectivity index (χ2v) is 14.4. The molecule has 0 amide bonds. The van der Waals surface area contributed by atoms with Gasteiger partial charge in [0.1, 0.15) is 27.4 Å². The molecule has 6 rings (SSSR count). The number of aromatic nitrogens is 1. The third kappa shape index (κ3) is 7.51. The lowest BCUT2D eigenvalue weighted by Gasteiger charge is -2.25. The Morgan fingerprint density at radius 2 is 1.34 bits per heavy atom. The first kappa shape index (κ1) is 33.1. The van der Waals surface area contributed by atoms with Crippen LogP contribution in [0.4, 0.5) is 0 Å². The minimum Gasteiger partial charge on any atom is -0.454 e. The first-order valence-electron chi connectivity index (χ1n) is 17.1. The SMILES string of the molecule is CCCCCc1ccc2oc(-c3nc4c(OC(=O)C5CCC(C(C)=O)CC5)ccc(OC(=O)C5CCC(C(C)=O)CC5)c4s3)cc2c1. The van der Waals surface area contributed by atoms with Crippen LogP contribution in [0.5, 0.6) is 11.5 Å². The second kappa shape index (κ2) is 14.5. The summed E-state index contributed by atoms with van der Waals surface area (Å²) >= 11 is 1.33. The number of carbonyl (C=O) groups is 4. The summed E-state index contributed by atoms with van der Waals surface area (Å²) in [6, 6.07) is 11.5. The van der Waals surface area contributed by atoms with E-state index in [1.54, 1.807) is 26.0 Å². The lowest BCUT2D eigenvalue weighted by atomic mass is 9.80.